The fourth-order valence-corrected chi connectivity index (χ4v) is 2.89. The van der Waals surface area contributed by atoms with Crippen molar-refractivity contribution in [3.05, 3.63) is 39.8 Å². The maximum absolute atomic E-state index is 11.3. The van der Waals surface area contributed by atoms with Gasteiger partial charge in [-0.2, -0.15) is 0 Å². The fraction of sp³-hybridized carbons (Fsp3) is 0.429. The molecule has 1 aromatic heterocycles. The van der Waals surface area contributed by atoms with Gasteiger partial charge in [0.15, 0.2) is 5.16 Å². The number of aromatic nitrogens is 3. The molecule has 6 heteroatoms. The number of rotatable bonds is 5. The minimum Gasteiger partial charge on any atom is -0.310 e. The molecule has 0 spiro atoms. The van der Waals surface area contributed by atoms with E-state index < -0.39 is 0 Å². The van der Waals surface area contributed by atoms with Crippen molar-refractivity contribution < 1.29 is 0 Å². The molecule has 0 aliphatic heterocycles. The maximum atomic E-state index is 11.3. The highest BCUT2D eigenvalue weighted by Crippen LogP contribution is 2.27. The van der Waals surface area contributed by atoms with E-state index in [-0.39, 0.29) is 5.69 Å². The van der Waals surface area contributed by atoms with Crippen LogP contribution >= 0.6 is 11.8 Å². The standard InChI is InChI=1S/C14H18N4OS/c1-9-7-12(20-14-17-16-13(19)18(14)2)6-3-10(9)8-15-11-4-5-11/h3,6-7,11,15H,4-5,8H2,1-2H3,(H,16,19). The predicted octanol–water partition coefficient (Wildman–Crippen LogP) is 1.82. The van der Waals surface area contributed by atoms with Crippen LogP contribution in [-0.2, 0) is 13.6 Å². The van der Waals surface area contributed by atoms with Crippen LogP contribution in [0, 0.1) is 6.92 Å². The molecule has 0 radical (unpaired) electrons. The molecule has 106 valence electrons. The van der Waals surface area contributed by atoms with E-state index in [9.17, 15) is 4.79 Å². The van der Waals surface area contributed by atoms with E-state index in [2.05, 4.69) is 40.6 Å². The zero-order valence-electron chi connectivity index (χ0n) is 11.6. The minimum absolute atomic E-state index is 0.186. The summed E-state index contributed by atoms with van der Waals surface area (Å²) < 4.78 is 1.52. The number of nitrogens with zero attached hydrogens (tertiary/aromatic N) is 2. The van der Waals surface area contributed by atoms with Gasteiger partial charge >= 0.3 is 5.69 Å². The molecule has 2 N–H and O–H groups in total. The largest absolute Gasteiger partial charge is 0.343 e. The van der Waals surface area contributed by atoms with Crippen LogP contribution in [0.3, 0.4) is 0 Å². The number of nitrogens with one attached hydrogen (secondary N) is 2. The van der Waals surface area contributed by atoms with Crippen molar-refractivity contribution in [2.45, 2.75) is 42.4 Å². The summed E-state index contributed by atoms with van der Waals surface area (Å²) in [4.78, 5) is 12.4. The fourth-order valence-electron chi connectivity index (χ4n) is 2.00. The van der Waals surface area contributed by atoms with Crippen molar-refractivity contribution in [1.29, 1.82) is 0 Å². The molecule has 0 atom stereocenters. The Balaban J connectivity index is 1.72. The highest BCUT2D eigenvalue weighted by atomic mass is 32.2. The molecule has 2 aromatic rings. The van der Waals surface area contributed by atoms with Gasteiger partial charge in [0.2, 0.25) is 0 Å². The highest BCUT2D eigenvalue weighted by molar-refractivity contribution is 7.99. The molecule has 1 saturated carbocycles. The molecule has 0 unspecified atom stereocenters. The van der Waals surface area contributed by atoms with Crippen LogP contribution in [0.1, 0.15) is 24.0 Å². The topological polar surface area (TPSA) is 62.7 Å². The van der Waals surface area contributed by atoms with Gasteiger partial charge in [0.1, 0.15) is 0 Å². The predicted molar refractivity (Wildman–Crippen MR) is 79.0 cm³/mol. The summed E-state index contributed by atoms with van der Waals surface area (Å²) in [5.41, 5.74) is 2.41. The summed E-state index contributed by atoms with van der Waals surface area (Å²) in [5.74, 6) is 0. The molecule has 0 bridgehead atoms. The van der Waals surface area contributed by atoms with Gasteiger partial charge < -0.3 is 5.32 Å². The van der Waals surface area contributed by atoms with Gasteiger partial charge in [0.05, 0.1) is 0 Å². The average molecular weight is 290 g/mol. The van der Waals surface area contributed by atoms with E-state index in [1.807, 2.05) is 0 Å². The lowest BCUT2D eigenvalue weighted by molar-refractivity contribution is 0.684. The van der Waals surface area contributed by atoms with E-state index >= 15 is 0 Å². The maximum Gasteiger partial charge on any atom is 0.343 e. The van der Waals surface area contributed by atoms with Crippen LogP contribution in [0.5, 0.6) is 0 Å². The van der Waals surface area contributed by atoms with Gasteiger partial charge in [0, 0.05) is 24.5 Å². The number of hydrogen-bond acceptors (Lipinski definition) is 4. The minimum atomic E-state index is -0.186. The van der Waals surface area contributed by atoms with Gasteiger partial charge in [-0.15, -0.1) is 5.10 Å². The van der Waals surface area contributed by atoms with E-state index in [0.717, 1.165) is 17.5 Å². The quantitative estimate of drug-likeness (QED) is 0.882. The van der Waals surface area contributed by atoms with Gasteiger partial charge in [-0.3, -0.25) is 4.57 Å². The Kier molecular flexibility index (Phi) is 3.67. The summed E-state index contributed by atoms with van der Waals surface area (Å²) in [6.07, 6.45) is 2.61. The Morgan fingerprint density at radius 2 is 2.30 bits per heavy atom. The normalized spacial score (nSPS) is 14.7. The third kappa shape index (κ3) is 2.96. The molecular weight excluding hydrogens is 272 g/mol. The second-order valence-electron chi connectivity index (χ2n) is 5.22. The van der Waals surface area contributed by atoms with Crippen molar-refractivity contribution in [2.24, 2.45) is 7.05 Å². The highest BCUT2D eigenvalue weighted by Gasteiger charge is 2.20. The van der Waals surface area contributed by atoms with E-state index in [1.54, 1.807) is 7.05 Å². The molecule has 3 rings (SSSR count). The second-order valence-corrected chi connectivity index (χ2v) is 6.26. The summed E-state index contributed by atoms with van der Waals surface area (Å²) in [7, 11) is 1.72. The van der Waals surface area contributed by atoms with Crippen LogP contribution in [0.25, 0.3) is 0 Å². The van der Waals surface area contributed by atoms with Crippen molar-refractivity contribution in [3.8, 4) is 0 Å². The van der Waals surface area contributed by atoms with Crippen LogP contribution in [0.2, 0.25) is 0 Å². The van der Waals surface area contributed by atoms with E-state index in [1.165, 1.54) is 40.3 Å². The lowest BCUT2D eigenvalue weighted by Crippen LogP contribution is -2.15. The first-order valence-electron chi connectivity index (χ1n) is 6.75. The molecular formula is C14H18N4OS. The lowest BCUT2D eigenvalue weighted by Gasteiger charge is -2.09. The Labute approximate surface area is 121 Å². The van der Waals surface area contributed by atoms with Crippen LogP contribution in [-0.4, -0.2) is 20.8 Å². The smallest absolute Gasteiger partial charge is 0.310 e. The number of aryl methyl sites for hydroxylation is 1. The number of benzene rings is 1. The molecule has 1 fully saturated rings. The van der Waals surface area contributed by atoms with E-state index in [4.69, 9.17) is 0 Å². The first kappa shape index (κ1) is 13.5. The van der Waals surface area contributed by atoms with Crippen LogP contribution in [0.4, 0.5) is 0 Å². The third-order valence-corrected chi connectivity index (χ3v) is 4.56. The Morgan fingerprint density at radius 1 is 1.50 bits per heavy atom. The molecule has 0 amide bonds. The first-order valence-corrected chi connectivity index (χ1v) is 7.57. The number of hydrogen-bond donors (Lipinski definition) is 2. The van der Waals surface area contributed by atoms with Crippen molar-refractivity contribution in [1.82, 2.24) is 20.1 Å². The summed E-state index contributed by atoms with van der Waals surface area (Å²) in [6.45, 7) is 3.06. The number of H-pyrrole nitrogens is 1. The van der Waals surface area contributed by atoms with Crippen molar-refractivity contribution in [3.63, 3.8) is 0 Å². The van der Waals surface area contributed by atoms with Gasteiger partial charge in [-0.05, 0) is 54.8 Å². The van der Waals surface area contributed by atoms with Gasteiger partial charge in [-0.1, -0.05) is 6.07 Å². The monoisotopic (exact) mass is 290 g/mol. The molecule has 20 heavy (non-hydrogen) atoms. The van der Waals surface area contributed by atoms with Crippen molar-refractivity contribution in [2.75, 3.05) is 0 Å². The number of aromatic amines is 1. The Hall–Kier alpha value is -1.53. The second kappa shape index (κ2) is 5.46. The van der Waals surface area contributed by atoms with Crippen LogP contribution in [0.15, 0.2) is 33.0 Å². The summed E-state index contributed by atoms with van der Waals surface area (Å²) in [5, 5.41) is 10.7. The SMILES string of the molecule is Cc1cc(Sc2n[nH]c(=O)n2C)ccc1CNC1CC1. The molecule has 5 nitrogen and oxygen atoms in total. The molecule has 1 aliphatic carbocycles. The molecule has 1 aromatic carbocycles. The first-order chi connectivity index (χ1) is 9.63. The van der Waals surface area contributed by atoms with E-state index in [0.29, 0.717) is 5.16 Å². The van der Waals surface area contributed by atoms with Gasteiger partial charge in [0.25, 0.3) is 0 Å². The molecule has 0 saturated heterocycles. The molecule has 1 aliphatic rings. The Bertz CT molecular complexity index is 672. The zero-order chi connectivity index (χ0) is 14.1. The van der Waals surface area contributed by atoms with Crippen LogP contribution < -0.4 is 11.0 Å². The summed E-state index contributed by atoms with van der Waals surface area (Å²) in [6, 6.07) is 7.11. The third-order valence-electron chi connectivity index (χ3n) is 3.52. The Morgan fingerprint density at radius 3 is 2.90 bits per heavy atom. The molecule has 1 heterocycles. The van der Waals surface area contributed by atoms with Crippen molar-refractivity contribution >= 4 is 11.8 Å². The lowest BCUT2D eigenvalue weighted by atomic mass is 10.1. The average Bonchev–Trinajstić information content (AvgIpc) is 3.20. The zero-order valence-corrected chi connectivity index (χ0v) is 12.5. The van der Waals surface area contributed by atoms with Gasteiger partial charge in [-0.25, -0.2) is 9.89 Å². The summed E-state index contributed by atoms with van der Waals surface area (Å²) >= 11 is 1.49.